The lowest BCUT2D eigenvalue weighted by Gasteiger charge is -2.06. The van der Waals surface area contributed by atoms with E-state index in [1.54, 1.807) is 18.5 Å². The van der Waals surface area contributed by atoms with E-state index in [9.17, 15) is 5.21 Å². The van der Waals surface area contributed by atoms with E-state index in [0.29, 0.717) is 16.5 Å². The minimum Gasteiger partial charge on any atom is -0.411 e. The first-order valence-electron chi connectivity index (χ1n) is 6.57. The number of halogens is 1. The maximum Gasteiger partial charge on any atom is 0.117 e. The van der Waals surface area contributed by atoms with Crippen molar-refractivity contribution in [1.82, 2.24) is 9.97 Å². The molecule has 1 aromatic heterocycles. The van der Waals surface area contributed by atoms with Gasteiger partial charge in [0, 0.05) is 21.7 Å². The van der Waals surface area contributed by atoms with Gasteiger partial charge in [-0.05, 0) is 18.2 Å². The van der Waals surface area contributed by atoms with E-state index in [1.165, 1.54) is 11.8 Å². The summed E-state index contributed by atoms with van der Waals surface area (Å²) in [7, 11) is 0. The summed E-state index contributed by atoms with van der Waals surface area (Å²) < 4.78 is 0. The van der Waals surface area contributed by atoms with Crippen LogP contribution in [0.25, 0.3) is 10.9 Å². The Labute approximate surface area is 136 Å². The first-order chi connectivity index (χ1) is 10.8. The van der Waals surface area contributed by atoms with Gasteiger partial charge in [-0.1, -0.05) is 58.9 Å². The number of oxime groups is 1. The molecule has 1 N–H and O–H groups in total. The number of rotatable bonds is 4. The summed E-state index contributed by atoms with van der Waals surface area (Å²) >= 11 is 7.38. The largest absolute Gasteiger partial charge is 0.411 e. The fraction of sp³-hybridized carbons (Fsp3) is 0.0625. The SMILES string of the molecule is O/N=C(\CSc1ncnc2ccccc12)c1ccc(Cl)cc1. The highest BCUT2D eigenvalue weighted by molar-refractivity contribution is 8.00. The van der Waals surface area contributed by atoms with E-state index in [2.05, 4.69) is 15.1 Å². The average molecular weight is 330 g/mol. The summed E-state index contributed by atoms with van der Waals surface area (Å²) in [5.74, 6) is 0.499. The van der Waals surface area contributed by atoms with Crippen LogP contribution in [0.15, 0.2) is 65.0 Å². The zero-order valence-corrected chi connectivity index (χ0v) is 13.1. The normalized spacial score (nSPS) is 11.8. The van der Waals surface area contributed by atoms with E-state index in [1.807, 2.05) is 36.4 Å². The number of hydrogen-bond donors (Lipinski definition) is 1. The van der Waals surface area contributed by atoms with Crippen LogP contribution in [0.2, 0.25) is 5.02 Å². The molecular weight excluding hydrogens is 318 g/mol. The standard InChI is InChI=1S/C16H12ClN3OS/c17-12-7-5-11(6-8-12)15(20-21)9-22-16-13-3-1-2-4-14(13)18-10-19-16/h1-8,10,21H,9H2/b20-15+. The van der Waals surface area contributed by atoms with Crippen molar-refractivity contribution in [2.45, 2.75) is 5.03 Å². The summed E-state index contributed by atoms with van der Waals surface area (Å²) in [5.41, 5.74) is 2.30. The highest BCUT2D eigenvalue weighted by Gasteiger charge is 2.09. The lowest BCUT2D eigenvalue weighted by atomic mass is 10.1. The van der Waals surface area contributed by atoms with Gasteiger partial charge < -0.3 is 5.21 Å². The molecule has 6 heteroatoms. The molecule has 0 saturated heterocycles. The predicted molar refractivity (Wildman–Crippen MR) is 90.0 cm³/mol. The monoisotopic (exact) mass is 329 g/mol. The zero-order chi connectivity index (χ0) is 15.4. The van der Waals surface area contributed by atoms with E-state index in [0.717, 1.165) is 21.5 Å². The van der Waals surface area contributed by atoms with Gasteiger partial charge in [0.25, 0.3) is 0 Å². The minimum atomic E-state index is 0.499. The summed E-state index contributed by atoms with van der Waals surface area (Å²) in [5, 5.41) is 15.1. The second kappa shape index (κ2) is 6.77. The average Bonchev–Trinajstić information content (AvgIpc) is 2.57. The lowest BCUT2D eigenvalue weighted by molar-refractivity contribution is 0.319. The third kappa shape index (κ3) is 3.21. The van der Waals surface area contributed by atoms with Gasteiger partial charge >= 0.3 is 0 Å². The molecule has 1 heterocycles. The van der Waals surface area contributed by atoms with Crippen molar-refractivity contribution in [2.24, 2.45) is 5.16 Å². The van der Waals surface area contributed by atoms with Crippen LogP contribution in [-0.2, 0) is 0 Å². The molecule has 0 saturated carbocycles. The smallest absolute Gasteiger partial charge is 0.117 e. The van der Waals surface area contributed by atoms with E-state index in [-0.39, 0.29) is 0 Å². The van der Waals surface area contributed by atoms with Crippen LogP contribution < -0.4 is 0 Å². The van der Waals surface area contributed by atoms with Crippen LogP contribution in [0.4, 0.5) is 0 Å². The van der Waals surface area contributed by atoms with E-state index < -0.39 is 0 Å². The van der Waals surface area contributed by atoms with Crippen molar-refractivity contribution in [3.63, 3.8) is 0 Å². The molecule has 4 nitrogen and oxygen atoms in total. The molecule has 0 radical (unpaired) electrons. The molecule has 0 bridgehead atoms. The van der Waals surface area contributed by atoms with E-state index in [4.69, 9.17) is 11.6 Å². The third-order valence-corrected chi connectivity index (χ3v) is 4.42. The molecule has 0 atom stereocenters. The molecule has 3 aromatic rings. The fourth-order valence-corrected chi connectivity index (χ4v) is 3.12. The van der Waals surface area contributed by atoms with Gasteiger partial charge in [0.2, 0.25) is 0 Å². The van der Waals surface area contributed by atoms with E-state index >= 15 is 0 Å². The van der Waals surface area contributed by atoms with Gasteiger partial charge in [0.05, 0.1) is 11.2 Å². The molecule has 0 aliphatic rings. The van der Waals surface area contributed by atoms with Crippen LogP contribution >= 0.6 is 23.4 Å². The van der Waals surface area contributed by atoms with Crippen molar-refractivity contribution >= 4 is 40.0 Å². The number of para-hydroxylation sites is 1. The molecule has 22 heavy (non-hydrogen) atoms. The Morgan fingerprint density at radius 1 is 1.09 bits per heavy atom. The highest BCUT2D eigenvalue weighted by Crippen LogP contribution is 2.25. The molecule has 3 rings (SSSR count). The molecular formula is C16H12ClN3OS. The molecule has 0 fully saturated rings. The Morgan fingerprint density at radius 2 is 1.86 bits per heavy atom. The van der Waals surface area contributed by atoms with Crippen molar-refractivity contribution in [2.75, 3.05) is 5.75 Å². The maximum absolute atomic E-state index is 9.25. The molecule has 0 amide bonds. The maximum atomic E-state index is 9.25. The zero-order valence-electron chi connectivity index (χ0n) is 11.5. The second-order valence-corrected chi connectivity index (χ2v) is 5.94. The third-order valence-electron chi connectivity index (χ3n) is 3.15. The van der Waals surface area contributed by atoms with Crippen molar-refractivity contribution in [1.29, 1.82) is 0 Å². The van der Waals surface area contributed by atoms with Crippen molar-refractivity contribution < 1.29 is 5.21 Å². The van der Waals surface area contributed by atoms with Gasteiger partial charge in [-0.25, -0.2) is 9.97 Å². The van der Waals surface area contributed by atoms with Crippen LogP contribution in [0.3, 0.4) is 0 Å². The minimum absolute atomic E-state index is 0.499. The number of aromatic nitrogens is 2. The topological polar surface area (TPSA) is 58.4 Å². The molecule has 110 valence electrons. The number of fused-ring (bicyclic) bond motifs is 1. The summed E-state index contributed by atoms with van der Waals surface area (Å²) in [6, 6.07) is 15.0. The van der Waals surface area contributed by atoms with Crippen LogP contribution in [0, 0.1) is 0 Å². The van der Waals surface area contributed by atoms with Crippen LogP contribution in [0.5, 0.6) is 0 Å². The number of nitrogens with zero attached hydrogens (tertiary/aromatic N) is 3. The summed E-state index contributed by atoms with van der Waals surface area (Å²) in [6.45, 7) is 0. The second-order valence-electron chi connectivity index (χ2n) is 4.54. The number of benzene rings is 2. The Hall–Kier alpha value is -2.11. The van der Waals surface area contributed by atoms with Gasteiger partial charge in [0.15, 0.2) is 0 Å². The summed E-state index contributed by atoms with van der Waals surface area (Å²) in [4.78, 5) is 8.55. The van der Waals surface area contributed by atoms with Gasteiger partial charge in [-0.2, -0.15) is 0 Å². The Balaban J connectivity index is 1.82. The quantitative estimate of drug-likeness (QED) is 0.255. The van der Waals surface area contributed by atoms with Gasteiger partial charge in [-0.15, -0.1) is 0 Å². The molecule has 0 aliphatic carbocycles. The molecule has 0 unspecified atom stereocenters. The van der Waals surface area contributed by atoms with Crippen LogP contribution in [-0.4, -0.2) is 26.6 Å². The number of thioether (sulfide) groups is 1. The van der Waals surface area contributed by atoms with Gasteiger partial charge in [0.1, 0.15) is 11.4 Å². The molecule has 0 spiro atoms. The Bertz CT molecular complexity index is 816. The Kier molecular flexibility index (Phi) is 4.56. The first kappa shape index (κ1) is 14.8. The Morgan fingerprint density at radius 3 is 2.64 bits per heavy atom. The van der Waals surface area contributed by atoms with Crippen molar-refractivity contribution in [3.8, 4) is 0 Å². The molecule has 2 aromatic carbocycles. The molecule has 0 aliphatic heterocycles. The number of hydrogen-bond acceptors (Lipinski definition) is 5. The van der Waals surface area contributed by atoms with Crippen LogP contribution in [0.1, 0.15) is 5.56 Å². The lowest BCUT2D eigenvalue weighted by Crippen LogP contribution is -2.04. The van der Waals surface area contributed by atoms with Crippen molar-refractivity contribution in [3.05, 3.63) is 65.4 Å². The first-order valence-corrected chi connectivity index (χ1v) is 7.93. The summed E-state index contributed by atoms with van der Waals surface area (Å²) in [6.07, 6.45) is 1.54. The fourth-order valence-electron chi connectivity index (χ4n) is 2.04. The highest BCUT2D eigenvalue weighted by atomic mass is 35.5. The predicted octanol–water partition coefficient (Wildman–Crippen LogP) is 4.25. The van der Waals surface area contributed by atoms with Gasteiger partial charge in [-0.3, -0.25) is 0 Å².